The van der Waals surface area contributed by atoms with Gasteiger partial charge in [-0.2, -0.15) is 0 Å². The molecule has 1 N–H and O–H groups in total. The maximum Gasteiger partial charge on any atom is 1.00 e. The molecule has 0 saturated heterocycles. The van der Waals surface area contributed by atoms with E-state index in [0.717, 1.165) is 12.8 Å². The summed E-state index contributed by atoms with van der Waals surface area (Å²) < 4.78 is 4.90. The second-order valence-corrected chi connectivity index (χ2v) is 3.88. The molecular weight excluding hydrogens is 231 g/mol. The van der Waals surface area contributed by atoms with Gasteiger partial charge in [-0.05, 0) is 6.42 Å². The first-order valence-corrected chi connectivity index (χ1v) is 6.04. The minimum Gasteiger partial charge on any atom is -1.00 e. The van der Waals surface area contributed by atoms with Crippen LogP contribution in [0, 0.1) is 0 Å². The number of ether oxygens (including phenoxy) is 1. The number of carbonyl (C=O) groups is 2. The van der Waals surface area contributed by atoms with E-state index in [1.54, 1.807) is 0 Å². The number of esters is 1. The molecule has 0 amide bonds. The molecule has 0 aromatic heterocycles. The predicted molar refractivity (Wildman–Crippen MR) is 62.3 cm³/mol. The molecule has 0 atom stereocenters. The van der Waals surface area contributed by atoms with E-state index in [2.05, 4.69) is 6.92 Å². The third-order valence-electron chi connectivity index (χ3n) is 2.30. The van der Waals surface area contributed by atoms with Crippen LogP contribution in [0.5, 0.6) is 0 Å². The number of carbonyl (C=O) groups excluding carboxylic acids is 1. The van der Waals surface area contributed by atoms with E-state index in [4.69, 9.17) is 9.84 Å². The van der Waals surface area contributed by atoms with Gasteiger partial charge < -0.3 is 11.3 Å². The number of rotatable bonds is 10. The zero-order chi connectivity index (χ0) is 12.2. The number of hydrogen-bond donors (Lipinski definition) is 1. The van der Waals surface area contributed by atoms with E-state index in [0.29, 0.717) is 6.61 Å². The molecule has 0 aliphatic carbocycles. The van der Waals surface area contributed by atoms with Crippen LogP contribution in [0.2, 0.25) is 0 Å². The standard InChI is InChI=1S/C12H22O4.Na.H/c1-2-3-4-5-6-7-10-16-12(15)9-8-11(13)14;;/h2-10H2,1H3,(H,13,14);;/q;+1;-1. The van der Waals surface area contributed by atoms with Crippen LogP contribution in [0.25, 0.3) is 0 Å². The molecular formula is C12H23NaO4. The summed E-state index contributed by atoms with van der Waals surface area (Å²) in [6, 6.07) is 0. The van der Waals surface area contributed by atoms with Crippen LogP contribution in [0.15, 0.2) is 0 Å². The topological polar surface area (TPSA) is 63.6 Å². The van der Waals surface area contributed by atoms with Gasteiger partial charge in [0.05, 0.1) is 19.4 Å². The second kappa shape index (κ2) is 14.0. The quantitative estimate of drug-likeness (QED) is 0.335. The van der Waals surface area contributed by atoms with Crippen molar-refractivity contribution >= 4 is 11.9 Å². The van der Waals surface area contributed by atoms with Crippen molar-refractivity contribution in [1.29, 1.82) is 0 Å². The van der Waals surface area contributed by atoms with Gasteiger partial charge in [-0.25, -0.2) is 0 Å². The van der Waals surface area contributed by atoms with Gasteiger partial charge in [-0.3, -0.25) is 9.59 Å². The summed E-state index contributed by atoms with van der Waals surface area (Å²) in [6.07, 6.45) is 6.70. The molecule has 0 heterocycles. The smallest absolute Gasteiger partial charge is 1.00 e. The molecule has 0 aromatic carbocycles. The average Bonchev–Trinajstić information content (AvgIpc) is 2.25. The molecule has 0 aromatic rings. The third-order valence-corrected chi connectivity index (χ3v) is 2.30. The van der Waals surface area contributed by atoms with Crippen molar-refractivity contribution in [3.05, 3.63) is 0 Å². The van der Waals surface area contributed by atoms with Crippen LogP contribution < -0.4 is 29.6 Å². The monoisotopic (exact) mass is 254 g/mol. The van der Waals surface area contributed by atoms with Crippen molar-refractivity contribution in [2.75, 3.05) is 6.61 Å². The summed E-state index contributed by atoms with van der Waals surface area (Å²) in [4.78, 5) is 21.2. The molecule has 0 radical (unpaired) electrons. The SMILES string of the molecule is CCCCCCCCOC(=O)CCC(=O)O.[H-].[Na+]. The summed E-state index contributed by atoms with van der Waals surface area (Å²) in [5.41, 5.74) is 0. The van der Waals surface area contributed by atoms with E-state index in [9.17, 15) is 9.59 Å². The molecule has 0 bridgehead atoms. The van der Waals surface area contributed by atoms with Crippen molar-refractivity contribution in [2.24, 2.45) is 0 Å². The maximum atomic E-state index is 11.0. The van der Waals surface area contributed by atoms with Gasteiger partial charge in [0.25, 0.3) is 0 Å². The van der Waals surface area contributed by atoms with Gasteiger partial charge in [0, 0.05) is 0 Å². The van der Waals surface area contributed by atoms with Gasteiger partial charge in [0.2, 0.25) is 0 Å². The summed E-state index contributed by atoms with van der Waals surface area (Å²) in [7, 11) is 0. The van der Waals surface area contributed by atoms with Crippen molar-refractivity contribution in [2.45, 2.75) is 58.3 Å². The molecule has 0 unspecified atom stereocenters. The van der Waals surface area contributed by atoms with Crippen molar-refractivity contribution in [3.8, 4) is 0 Å². The van der Waals surface area contributed by atoms with E-state index >= 15 is 0 Å². The number of aliphatic carboxylic acids is 1. The summed E-state index contributed by atoms with van der Waals surface area (Å²) in [6.45, 7) is 2.59. The predicted octanol–water partition coefficient (Wildman–Crippen LogP) is -0.129. The van der Waals surface area contributed by atoms with Crippen LogP contribution in [-0.2, 0) is 14.3 Å². The van der Waals surface area contributed by atoms with E-state index in [1.165, 1.54) is 25.7 Å². The normalized spacial score (nSPS) is 9.47. The molecule has 0 fully saturated rings. The Hall–Kier alpha value is -0.0600. The van der Waals surface area contributed by atoms with Crippen LogP contribution in [0.3, 0.4) is 0 Å². The first-order chi connectivity index (χ1) is 7.66. The van der Waals surface area contributed by atoms with Crippen LogP contribution in [0.1, 0.15) is 59.7 Å². The van der Waals surface area contributed by atoms with Crippen LogP contribution >= 0.6 is 0 Å². The van der Waals surface area contributed by atoms with E-state index in [-0.39, 0.29) is 43.8 Å². The van der Waals surface area contributed by atoms with Crippen molar-refractivity contribution < 1.29 is 50.4 Å². The largest absolute Gasteiger partial charge is 1.00 e. The fourth-order valence-corrected chi connectivity index (χ4v) is 1.35. The average molecular weight is 254 g/mol. The van der Waals surface area contributed by atoms with Crippen LogP contribution in [0.4, 0.5) is 0 Å². The van der Waals surface area contributed by atoms with Gasteiger partial charge in [0.15, 0.2) is 0 Å². The Balaban J connectivity index is -0.00000112. The Morgan fingerprint density at radius 2 is 1.65 bits per heavy atom. The van der Waals surface area contributed by atoms with Gasteiger partial charge in [-0.1, -0.05) is 39.0 Å². The van der Waals surface area contributed by atoms with Crippen molar-refractivity contribution in [1.82, 2.24) is 0 Å². The zero-order valence-corrected chi connectivity index (χ0v) is 13.0. The number of carboxylic acid groups (broad SMARTS) is 1. The number of unbranched alkanes of at least 4 members (excludes halogenated alkanes) is 5. The Kier molecular flexibility index (Phi) is 15.9. The Bertz CT molecular complexity index is 212. The van der Waals surface area contributed by atoms with E-state index < -0.39 is 11.9 Å². The number of carboxylic acids is 1. The Labute approximate surface area is 127 Å². The second-order valence-electron chi connectivity index (χ2n) is 3.88. The fraction of sp³-hybridized carbons (Fsp3) is 0.833. The molecule has 0 aliphatic heterocycles. The summed E-state index contributed by atoms with van der Waals surface area (Å²) in [5.74, 6) is -1.37. The molecule has 0 spiro atoms. The third kappa shape index (κ3) is 15.9. The van der Waals surface area contributed by atoms with Gasteiger partial charge >= 0.3 is 41.5 Å². The number of hydrogen-bond acceptors (Lipinski definition) is 3. The molecule has 0 saturated carbocycles. The first kappa shape index (κ1) is 19.3. The van der Waals surface area contributed by atoms with Gasteiger partial charge in [-0.15, -0.1) is 0 Å². The fourth-order valence-electron chi connectivity index (χ4n) is 1.35. The minimum absolute atomic E-state index is 0. The molecule has 96 valence electrons. The van der Waals surface area contributed by atoms with Crippen LogP contribution in [-0.4, -0.2) is 23.7 Å². The van der Waals surface area contributed by atoms with Crippen molar-refractivity contribution in [3.63, 3.8) is 0 Å². The molecule has 5 heteroatoms. The molecule has 17 heavy (non-hydrogen) atoms. The van der Waals surface area contributed by atoms with Gasteiger partial charge in [0.1, 0.15) is 0 Å². The molecule has 4 nitrogen and oxygen atoms in total. The zero-order valence-electron chi connectivity index (χ0n) is 12.0. The minimum atomic E-state index is -0.962. The first-order valence-electron chi connectivity index (χ1n) is 6.04. The van der Waals surface area contributed by atoms with E-state index in [1.807, 2.05) is 0 Å². The maximum absolute atomic E-state index is 11.0. The summed E-state index contributed by atoms with van der Waals surface area (Å²) >= 11 is 0. The Morgan fingerprint density at radius 1 is 1.06 bits per heavy atom. The Morgan fingerprint density at radius 3 is 2.24 bits per heavy atom. The molecule has 0 rings (SSSR count). The summed E-state index contributed by atoms with van der Waals surface area (Å²) in [5, 5.41) is 8.35. The molecule has 0 aliphatic rings.